The molecule has 0 bridgehead atoms. The molecule has 2 amide bonds. The molecule has 0 spiro atoms. The van der Waals surface area contributed by atoms with Gasteiger partial charge in [0.15, 0.2) is 5.69 Å². The molecule has 3 rings (SSSR count). The molecule has 35 heavy (non-hydrogen) atoms. The number of benzene rings is 1. The Hall–Kier alpha value is -3.66. The van der Waals surface area contributed by atoms with Crippen LogP contribution in [0.15, 0.2) is 57.4 Å². The summed E-state index contributed by atoms with van der Waals surface area (Å²) in [5.74, 6) is -0.243. The van der Waals surface area contributed by atoms with Crippen LogP contribution in [0.3, 0.4) is 0 Å². The van der Waals surface area contributed by atoms with Crippen LogP contribution in [-0.2, 0) is 11.3 Å². The lowest BCUT2D eigenvalue weighted by Gasteiger charge is -2.25. The highest BCUT2D eigenvalue weighted by atomic mass is 32.1. The number of carbonyl (C=O) groups is 2. The first-order chi connectivity index (χ1) is 16.8. The van der Waals surface area contributed by atoms with Crippen LogP contribution in [0.2, 0.25) is 0 Å². The third-order valence-electron chi connectivity index (χ3n) is 5.50. The average Bonchev–Trinajstić information content (AvgIpc) is 3.37. The molecule has 2 heterocycles. The maximum atomic E-state index is 13.2. The number of thiophene rings is 1. The Bertz CT molecular complexity index is 1250. The van der Waals surface area contributed by atoms with Gasteiger partial charge in [-0.1, -0.05) is 50.2 Å². The van der Waals surface area contributed by atoms with E-state index < -0.39 is 11.2 Å². The normalized spacial score (nSPS) is 10.9. The molecule has 2 aromatic heterocycles. The van der Waals surface area contributed by atoms with Gasteiger partial charge in [0.1, 0.15) is 5.82 Å². The van der Waals surface area contributed by atoms with Gasteiger partial charge in [0.2, 0.25) is 5.91 Å². The van der Waals surface area contributed by atoms with Gasteiger partial charge in [-0.25, -0.2) is 4.79 Å². The fourth-order valence-corrected chi connectivity index (χ4v) is 4.22. The number of nitrogens with zero attached hydrogens (tertiary/aromatic N) is 2. The third kappa shape index (κ3) is 6.92. The number of nitrogens with one attached hydrogen (secondary N) is 2. The molecule has 1 aromatic carbocycles. The van der Waals surface area contributed by atoms with Crippen LogP contribution in [0, 0.1) is 5.92 Å². The second kappa shape index (κ2) is 12.2. The quantitative estimate of drug-likeness (QED) is 0.351. The maximum absolute atomic E-state index is 13.2. The molecular weight excluding hydrogens is 466 g/mol. The van der Waals surface area contributed by atoms with Gasteiger partial charge in [-0.2, -0.15) is 0 Å². The highest BCUT2D eigenvalue weighted by molar-refractivity contribution is 7.12. The van der Waals surface area contributed by atoms with Crippen molar-refractivity contribution in [1.82, 2.24) is 14.9 Å². The number of anilines is 2. The minimum Gasteiger partial charge on any atom is -0.383 e. The molecular formula is C25H31N5O4S. The Balaban J connectivity index is 1.79. The zero-order valence-corrected chi connectivity index (χ0v) is 20.8. The van der Waals surface area contributed by atoms with Gasteiger partial charge in [0.25, 0.3) is 11.5 Å². The summed E-state index contributed by atoms with van der Waals surface area (Å²) < 4.78 is 1.27. The van der Waals surface area contributed by atoms with E-state index in [4.69, 9.17) is 5.73 Å². The maximum Gasteiger partial charge on any atom is 0.330 e. The van der Waals surface area contributed by atoms with Crippen molar-refractivity contribution in [2.75, 3.05) is 23.7 Å². The van der Waals surface area contributed by atoms with Crippen LogP contribution in [0.4, 0.5) is 11.5 Å². The van der Waals surface area contributed by atoms with Crippen LogP contribution in [0.5, 0.6) is 0 Å². The van der Waals surface area contributed by atoms with Gasteiger partial charge in [-0.3, -0.25) is 23.9 Å². The Morgan fingerprint density at radius 2 is 1.89 bits per heavy atom. The molecule has 0 saturated heterocycles. The van der Waals surface area contributed by atoms with Crippen LogP contribution in [-0.4, -0.2) is 34.5 Å². The van der Waals surface area contributed by atoms with E-state index in [1.165, 1.54) is 20.8 Å². The van der Waals surface area contributed by atoms with E-state index in [2.05, 4.69) is 10.3 Å². The van der Waals surface area contributed by atoms with Crippen molar-refractivity contribution in [1.29, 1.82) is 0 Å². The lowest BCUT2D eigenvalue weighted by molar-refractivity contribution is -0.118. The molecule has 0 aliphatic heterocycles. The predicted octanol–water partition coefficient (Wildman–Crippen LogP) is 2.82. The minimum atomic E-state index is -0.695. The Labute approximate surface area is 207 Å². The zero-order valence-electron chi connectivity index (χ0n) is 20.0. The first-order valence-corrected chi connectivity index (χ1v) is 12.4. The SMILES string of the molecule is CC(C)CCN(C(=O)CCCNC(=O)c1cccs1)c1c(N)n(Cc2ccccc2)c(=O)[nH]c1=O. The Morgan fingerprint density at radius 3 is 2.54 bits per heavy atom. The molecule has 186 valence electrons. The molecule has 4 N–H and O–H groups in total. The summed E-state index contributed by atoms with van der Waals surface area (Å²) in [5, 5.41) is 4.62. The van der Waals surface area contributed by atoms with E-state index in [1.807, 2.05) is 49.6 Å². The monoisotopic (exact) mass is 497 g/mol. The zero-order chi connectivity index (χ0) is 25.4. The third-order valence-corrected chi connectivity index (χ3v) is 6.37. The number of hydrogen-bond acceptors (Lipinski definition) is 6. The summed E-state index contributed by atoms with van der Waals surface area (Å²) in [5.41, 5.74) is 5.81. The van der Waals surface area contributed by atoms with Crippen molar-refractivity contribution in [2.45, 2.75) is 39.7 Å². The number of nitrogens with two attached hydrogens (primary N) is 1. The number of aromatic nitrogens is 2. The van der Waals surface area contributed by atoms with E-state index in [0.717, 1.165) is 5.56 Å². The summed E-state index contributed by atoms with van der Waals surface area (Å²) >= 11 is 1.35. The topological polar surface area (TPSA) is 130 Å². The smallest absolute Gasteiger partial charge is 0.330 e. The standard InChI is InChI=1S/C25H31N5O4S/c1-17(2)12-14-29(20(31)11-6-13-27-23(32)19-10-7-15-35-19)21-22(26)30(25(34)28-24(21)33)16-18-8-4-3-5-9-18/h3-5,7-10,15,17H,6,11-14,16,26H2,1-2H3,(H,27,32)(H,28,33,34). The number of amides is 2. The van der Waals surface area contributed by atoms with E-state index >= 15 is 0 Å². The van der Waals surface area contributed by atoms with Gasteiger partial charge >= 0.3 is 5.69 Å². The molecule has 0 unspecified atom stereocenters. The number of H-pyrrole nitrogens is 1. The fourth-order valence-electron chi connectivity index (χ4n) is 3.58. The molecule has 0 aliphatic carbocycles. The summed E-state index contributed by atoms with van der Waals surface area (Å²) in [6.45, 7) is 4.81. The second-order valence-corrected chi connectivity index (χ2v) is 9.58. The molecule has 10 heteroatoms. The van der Waals surface area contributed by atoms with Crippen molar-refractivity contribution in [3.63, 3.8) is 0 Å². The second-order valence-electron chi connectivity index (χ2n) is 8.63. The van der Waals surface area contributed by atoms with E-state index in [1.54, 1.807) is 12.1 Å². The lowest BCUT2D eigenvalue weighted by Crippen LogP contribution is -2.42. The molecule has 3 aromatic rings. The van der Waals surface area contributed by atoms with Gasteiger partial charge < -0.3 is 16.0 Å². The minimum absolute atomic E-state index is 0.0196. The average molecular weight is 498 g/mol. The number of hydrogen-bond donors (Lipinski definition) is 3. The van der Waals surface area contributed by atoms with Crippen molar-refractivity contribution in [3.8, 4) is 0 Å². The van der Waals surface area contributed by atoms with E-state index in [0.29, 0.717) is 24.3 Å². The van der Waals surface area contributed by atoms with Crippen LogP contribution in [0.25, 0.3) is 0 Å². The fraction of sp³-hybridized carbons (Fsp3) is 0.360. The molecule has 0 radical (unpaired) electrons. The van der Waals surface area contributed by atoms with Gasteiger partial charge in [0, 0.05) is 19.5 Å². The summed E-state index contributed by atoms with van der Waals surface area (Å²) in [6.07, 6.45) is 1.16. The molecule has 0 fully saturated rings. The highest BCUT2D eigenvalue weighted by Gasteiger charge is 2.24. The lowest BCUT2D eigenvalue weighted by atomic mass is 10.1. The van der Waals surface area contributed by atoms with Gasteiger partial charge in [-0.15, -0.1) is 11.3 Å². The van der Waals surface area contributed by atoms with Crippen molar-refractivity contribution in [2.24, 2.45) is 5.92 Å². The van der Waals surface area contributed by atoms with Gasteiger partial charge in [-0.05, 0) is 35.8 Å². The van der Waals surface area contributed by atoms with Gasteiger partial charge in [0.05, 0.1) is 11.4 Å². The first-order valence-electron chi connectivity index (χ1n) is 11.6. The number of nitrogen functional groups attached to an aromatic ring is 1. The van der Waals surface area contributed by atoms with Crippen LogP contribution in [0.1, 0.15) is 48.3 Å². The Morgan fingerprint density at radius 1 is 1.14 bits per heavy atom. The summed E-state index contributed by atoms with van der Waals surface area (Å²) in [4.78, 5) is 54.9. The van der Waals surface area contributed by atoms with Crippen molar-refractivity contribution in [3.05, 3.63) is 79.1 Å². The van der Waals surface area contributed by atoms with Crippen LogP contribution < -0.4 is 27.2 Å². The predicted molar refractivity (Wildman–Crippen MR) is 139 cm³/mol. The Kier molecular flexibility index (Phi) is 9.02. The first kappa shape index (κ1) is 26.0. The highest BCUT2D eigenvalue weighted by Crippen LogP contribution is 2.20. The summed E-state index contributed by atoms with van der Waals surface area (Å²) in [6, 6.07) is 12.8. The van der Waals surface area contributed by atoms with Crippen molar-refractivity contribution >= 4 is 34.7 Å². The van der Waals surface area contributed by atoms with Crippen molar-refractivity contribution < 1.29 is 9.59 Å². The van der Waals surface area contributed by atoms with Crippen LogP contribution >= 0.6 is 11.3 Å². The summed E-state index contributed by atoms with van der Waals surface area (Å²) in [7, 11) is 0. The molecule has 0 aliphatic rings. The molecule has 0 saturated carbocycles. The van der Waals surface area contributed by atoms with E-state index in [9.17, 15) is 19.2 Å². The van der Waals surface area contributed by atoms with E-state index in [-0.39, 0.29) is 48.7 Å². The molecule has 0 atom stereocenters. The molecule has 9 nitrogen and oxygen atoms in total. The number of carbonyl (C=O) groups excluding carboxylic acids is 2. The number of rotatable bonds is 11. The largest absolute Gasteiger partial charge is 0.383 e. The number of aromatic amines is 1.